The molecule has 0 rings (SSSR count). The molecule has 4 nitrogen and oxygen atoms in total. The lowest BCUT2D eigenvalue weighted by atomic mass is 10.3. The lowest BCUT2D eigenvalue weighted by Crippen LogP contribution is -2.33. The molecular formula is C15H22N4S. The highest BCUT2D eigenvalue weighted by Crippen LogP contribution is 1.95. The first kappa shape index (κ1) is 18.0. The van der Waals surface area contributed by atoms with Crippen LogP contribution in [0.3, 0.4) is 0 Å². The van der Waals surface area contributed by atoms with E-state index in [2.05, 4.69) is 20.6 Å². The Kier molecular flexibility index (Phi) is 10.8. The van der Waals surface area contributed by atoms with E-state index in [4.69, 9.17) is 12.2 Å². The van der Waals surface area contributed by atoms with Crippen LogP contribution < -0.4 is 10.6 Å². The minimum Gasteiger partial charge on any atom is -0.333 e. The molecular weight excluding hydrogens is 268 g/mol. The van der Waals surface area contributed by atoms with Crippen LogP contribution in [0.5, 0.6) is 0 Å². The Morgan fingerprint density at radius 1 is 0.850 bits per heavy atom. The molecule has 0 unspecified atom stereocenters. The standard InChI is InChI=1S/C15H22N4S/c1-5-13(9-7-11-16-3)18-15(20)19-14(6-2)10-8-12-17-4/h5-12H,1-4H3,(H2,18,19,20)/b9-7-,10-8-,13-5+,14-6+,16-11+,17-12+. The number of hydrogen-bond donors (Lipinski definition) is 2. The molecule has 20 heavy (non-hydrogen) atoms. The van der Waals surface area contributed by atoms with Crippen molar-refractivity contribution in [1.82, 2.24) is 10.6 Å². The van der Waals surface area contributed by atoms with Gasteiger partial charge in [0, 0.05) is 37.9 Å². The Morgan fingerprint density at radius 2 is 1.25 bits per heavy atom. The van der Waals surface area contributed by atoms with Crippen molar-refractivity contribution in [3.8, 4) is 0 Å². The van der Waals surface area contributed by atoms with Gasteiger partial charge in [0.15, 0.2) is 5.11 Å². The highest BCUT2D eigenvalue weighted by atomic mass is 32.1. The maximum Gasteiger partial charge on any atom is 0.175 e. The third-order valence-corrected chi connectivity index (χ3v) is 2.36. The molecule has 2 N–H and O–H groups in total. The Morgan fingerprint density at radius 3 is 1.55 bits per heavy atom. The van der Waals surface area contributed by atoms with E-state index in [9.17, 15) is 0 Å². The molecule has 0 bridgehead atoms. The molecule has 0 aromatic heterocycles. The molecule has 0 heterocycles. The summed E-state index contributed by atoms with van der Waals surface area (Å²) < 4.78 is 0. The van der Waals surface area contributed by atoms with E-state index in [1.807, 2.05) is 50.3 Å². The number of rotatable bonds is 6. The zero-order valence-electron chi connectivity index (χ0n) is 12.4. The van der Waals surface area contributed by atoms with Crippen LogP contribution in [0.4, 0.5) is 0 Å². The molecule has 0 saturated carbocycles. The van der Waals surface area contributed by atoms with E-state index >= 15 is 0 Å². The fraction of sp³-hybridized carbons (Fsp3) is 0.267. The maximum absolute atomic E-state index is 5.26. The van der Waals surface area contributed by atoms with Crippen LogP contribution in [0.1, 0.15) is 13.8 Å². The minimum absolute atomic E-state index is 0.530. The number of allylic oxidation sites excluding steroid dienone is 6. The molecule has 0 fully saturated rings. The minimum atomic E-state index is 0.530. The Balaban J connectivity index is 4.53. The summed E-state index contributed by atoms with van der Waals surface area (Å²) in [6.07, 6.45) is 14.8. The summed E-state index contributed by atoms with van der Waals surface area (Å²) in [6.45, 7) is 3.87. The summed E-state index contributed by atoms with van der Waals surface area (Å²) in [5.74, 6) is 0. The van der Waals surface area contributed by atoms with Crippen LogP contribution in [0, 0.1) is 0 Å². The predicted molar refractivity (Wildman–Crippen MR) is 93.5 cm³/mol. The third-order valence-electron chi connectivity index (χ3n) is 2.16. The molecule has 0 spiro atoms. The van der Waals surface area contributed by atoms with E-state index in [0.717, 1.165) is 11.4 Å². The smallest absolute Gasteiger partial charge is 0.175 e. The molecule has 5 heteroatoms. The summed E-state index contributed by atoms with van der Waals surface area (Å²) in [7, 11) is 3.45. The van der Waals surface area contributed by atoms with Crippen molar-refractivity contribution in [2.24, 2.45) is 9.98 Å². The first-order valence-corrected chi connectivity index (χ1v) is 6.67. The van der Waals surface area contributed by atoms with E-state index in [-0.39, 0.29) is 0 Å². The lowest BCUT2D eigenvalue weighted by molar-refractivity contribution is 1.07. The van der Waals surface area contributed by atoms with Gasteiger partial charge in [-0.2, -0.15) is 0 Å². The van der Waals surface area contributed by atoms with Crippen molar-refractivity contribution < 1.29 is 0 Å². The molecule has 0 atom stereocenters. The van der Waals surface area contributed by atoms with Gasteiger partial charge in [-0.1, -0.05) is 12.2 Å². The molecule has 0 aliphatic carbocycles. The van der Waals surface area contributed by atoms with Crippen LogP contribution >= 0.6 is 12.2 Å². The number of thiocarbonyl (C=S) groups is 1. The Labute approximate surface area is 126 Å². The molecule has 0 aromatic carbocycles. The van der Waals surface area contributed by atoms with Gasteiger partial charge in [-0.3, -0.25) is 9.98 Å². The average Bonchev–Trinajstić information content (AvgIpc) is 2.45. The van der Waals surface area contributed by atoms with Gasteiger partial charge in [0.1, 0.15) is 0 Å². The molecule has 0 aliphatic rings. The van der Waals surface area contributed by atoms with Crippen LogP contribution in [0.25, 0.3) is 0 Å². The summed E-state index contributed by atoms with van der Waals surface area (Å²) in [5, 5.41) is 6.74. The Hall–Kier alpha value is -2.01. The van der Waals surface area contributed by atoms with Crippen molar-refractivity contribution in [3.05, 3.63) is 47.9 Å². The first-order chi connectivity index (χ1) is 9.67. The van der Waals surface area contributed by atoms with Gasteiger partial charge in [-0.05, 0) is 50.4 Å². The second-order valence-corrected chi connectivity index (χ2v) is 4.01. The van der Waals surface area contributed by atoms with E-state index in [0.29, 0.717) is 5.11 Å². The van der Waals surface area contributed by atoms with Gasteiger partial charge in [-0.25, -0.2) is 0 Å². The van der Waals surface area contributed by atoms with Crippen molar-refractivity contribution in [1.29, 1.82) is 0 Å². The maximum atomic E-state index is 5.26. The summed E-state index contributed by atoms with van der Waals surface area (Å²) in [6, 6.07) is 0. The van der Waals surface area contributed by atoms with E-state index < -0.39 is 0 Å². The highest BCUT2D eigenvalue weighted by Gasteiger charge is 1.98. The van der Waals surface area contributed by atoms with E-state index in [1.165, 1.54) is 0 Å². The topological polar surface area (TPSA) is 48.8 Å². The van der Waals surface area contributed by atoms with Gasteiger partial charge in [0.05, 0.1) is 0 Å². The molecule has 0 aliphatic heterocycles. The Bertz CT molecular complexity index is 426. The van der Waals surface area contributed by atoms with Gasteiger partial charge >= 0.3 is 0 Å². The fourth-order valence-electron chi connectivity index (χ4n) is 1.18. The second-order valence-electron chi connectivity index (χ2n) is 3.60. The normalized spacial score (nSPS) is 14.0. The van der Waals surface area contributed by atoms with Crippen LogP contribution in [-0.4, -0.2) is 31.6 Å². The molecule has 0 amide bonds. The van der Waals surface area contributed by atoms with Crippen LogP contribution in [0.15, 0.2) is 57.8 Å². The first-order valence-electron chi connectivity index (χ1n) is 6.26. The summed E-state index contributed by atoms with van der Waals surface area (Å²) in [5.41, 5.74) is 1.80. The monoisotopic (exact) mass is 290 g/mol. The molecule has 0 aromatic rings. The quantitative estimate of drug-likeness (QED) is 0.449. The van der Waals surface area contributed by atoms with Gasteiger partial charge in [0.2, 0.25) is 0 Å². The van der Waals surface area contributed by atoms with Gasteiger partial charge in [0.25, 0.3) is 0 Å². The van der Waals surface area contributed by atoms with Crippen LogP contribution in [-0.2, 0) is 0 Å². The molecule has 108 valence electrons. The van der Waals surface area contributed by atoms with Gasteiger partial charge < -0.3 is 10.6 Å². The predicted octanol–water partition coefficient (Wildman–Crippen LogP) is 2.77. The summed E-state index contributed by atoms with van der Waals surface area (Å²) >= 11 is 5.26. The fourth-order valence-corrected chi connectivity index (χ4v) is 1.41. The van der Waals surface area contributed by atoms with E-state index in [1.54, 1.807) is 26.5 Å². The average molecular weight is 290 g/mol. The van der Waals surface area contributed by atoms with Gasteiger partial charge in [-0.15, -0.1) is 0 Å². The SMILES string of the molecule is C\C=C(/C=C\C=N\C)NC(=S)NC(/C=C\C=N\C)=C/C. The second kappa shape index (κ2) is 12.0. The van der Waals surface area contributed by atoms with Crippen molar-refractivity contribution in [2.75, 3.05) is 14.1 Å². The number of nitrogens with zero attached hydrogens (tertiary/aromatic N) is 2. The lowest BCUT2D eigenvalue weighted by Gasteiger charge is -2.11. The highest BCUT2D eigenvalue weighted by molar-refractivity contribution is 7.80. The van der Waals surface area contributed by atoms with Crippen molar-refractivity contribution in [3.63, 3.8) is 0 Å². The summed E-state index contributed by atoms with van der Waals surface area (Å²) in [4.78, 5) is 7.76. The number of hydrogen-bond acceptors (Lipinski definition) is 3. The molecule has 0 saturated heterocycles. The number of aliphatic imine (C=N–C) groups is 2. The third kappa shape index (κ3) is 8.99. The van der Waals surface area contributed by atoms with Crippen molar-refractivity contribution in [2.45, 2.75) is 13.8 Å². The van der Waals surface area contributed by atoms with Crippen LogP contribution in [0.2, 0.25) is 0 Å². The number of nitrogens with one attached hydrogen (secondary N) is 2. The molecule has 0 radical (unpaired) electrons. The largest absolute Gasteiger partial charge is 0.333 e. The van der Waals surface area contributed by atoms with Crippen molar-refractivity contribution >= 4 is 29.8 Å². The zero-order chi connectivity index (χ0) is 15.2. The zero-order valence-corrected chi connectivity index (χ0v) is 13.2.